The topological polar surface area (TPSA) is 33.2 Å². The van der Waals surface area contributed by atoms with Gasteiger partial charge in [-0.25, -0.2) is 4.98 Å². The van der Waals surface area contributed by atoms with Crippen LogP contribution in [0.25, 0.3) is 10.2 Å². The highest BCUT2D eigenvalue weighted by Crippen LogP contribution is 2.39. The van der Waals surface area contributed by atoms with Gasteiger partial charge in [0.1, 0.15) is 5.01 Å². The number of hydrogen-bond donors (Lipinski definition) is 0. The fraction of sp³-hybridized carbons (Fsp3) is 0.263. The molecule has 1 fully saturated rings. The second-order valence-electron chi connectivity index (χ2n) is 6.22. The molecule has 1 unspecified atom stereocenters. The molecule has 4 rings (SSSR count). The number of benzene rings is 2. The van der Waals surface area contributed by atoms with Gasteiger partial charge in [-0.15, -0.1) is 11.3 Å². The standard InChI is InChI=1S/C19H15F3N2OS/c20-19(21,22)13-7-2-1-6-12(13)18(25)24-11-5-9-15(24)17-23-14-8-3-4-10-16(14)26-17/h1-4,6-8,10,15H,5,9,11H2. The van der Waals surface area contributed by atoms with E-state index in [4.69, 9.17) is 0 Å². The number of amides is 1. The van der Waals surface area contributed by atoms with Crippen LogP contribution in [0.1, 0.15) is 39.8 Å². The number of para-hydroxylation sites is 1. The van der Waals surface area contributed by atoms with Crippen LogP contribution >= 0.6 is 11.3 Å². The Morgan fingerprint density at radius 3 is 2.62 bits per heavy atom. The minimum atomic E-state index is -4.56. The lowest BCUT2D eigenvalue weighted by atomic mass is 10.1. The number of aromatic nitrogens is 1. The van der Waals surface area contributed by atoms with Crippen LogP contribution in [0, 0.1) is 0 Å². The molecule has 0 N–H and O–H groups in total. The maximum Gasteiger partial charge on any atom is 0.417 e. The summed E-state index contributed by atoms with van der Waals surface area (Å²) in [5.74, 6) is -0.584. The van der Waals surface area contributed by atoms with E-state index < -0.39 is 17.6 Å². The highest BCUT2D eigenvalue weighted by Gasteiger charge is 2.39. The number of likely N-dealkylation sites (tertiary alicyclic amines) is 1. The van der Waals surface area contributed by atoms with Gasteiger partial charge in [0.2, 0.25) is 0 Å². The average molecular weight is 376 g/mol. The normalized spacial score (nSPS) is 17.8. The maximum absolute atomic E-state index is 13.3. The zero-order valence-electron chi connectivity index (χ0n) is 13.7. The molecule has 3 nitrogen and oxygen atoms in total. The van der Waals surface area contributed by atoms with E-state index >= 15 is 0 Å². The van der Waals surface area contributed by atoms with Crippen LogP contribution in [0.15, 0.2) is 48.5 Å². The number of fused-ring (bicyclic) bond motifs is 1. The second kappa shape index (κ2) is 6.39. The van der Waals surface area contributed by atoms with Crippen molar-refractivity contribution in [2.45, 2.75) is 25.1 Å². The Morgan fingerprint density at radius 1 is 1.12 bits per heavy atom. The van der Waals surface area contributed by atoms with Crippen molar-refractivity contribution >= 4 is 27.5 Å². The summed E-state index contributed by atoms with van der Waals surface area (Å²) in [7, 11) is 0. The van der Waals surface area contributed by atoms with Gasteiger partial charge in [-0.3, -0.25) is 4.79 Å². The summed E-state index contributed by atoms with van der Waals surface area (Å²) in [6.45, 7) is 0.436. The molecule has 1 aliphatic rings. The van der Waals surface area contributed by atoms with E-state index in [0.717, 1.165) is 27.7 Å². The monoisotopic (exact) mass is 376 g/mol. The van der Waals surface area contributed by atoms with Gasteiger partial charge in [-0.05, 0) is 37.1 Å². The van der Waals surface area contributed by atoms with E-state index in [0.29, 0.717) is 13.0 Å². The molecule has 0 spiro atoms. The van der Waals surface area contributed by atoms with E-state index in [1.807, 2.05) is 24.3 Å². The van der Waals surface area contributed by atoms with Crippen molar-refractivity contribution in [3.05, 3.63) is 64.7 Å². The van der Waals surface area contributed by atoms with Gasteiger partial charge in [0.25, 0.3) is 5.91 Å². The number of carbonyl (C=O) groups excluding carboxylic acids is 1. The third-order valence-electron chi connectivity index (χ3n) is 4.57. The molecule has 0 saturated carbocycles. The zero-order chi connectivity index (χ0) is 18.3. The number of carbonyl (C=O) groups is 1. The van der Waals surface area contributed by atoms with Gasteiger partial charge in [0.15, 0.2) is 0 Å². The molecule has 2 heterocycles. The first-order valence-corrected chi connectivity index (χ1v) is 9.09. The van der Waals surface area contributed by atoms with Gasteiger partial charge >= 0.3 is 6.18 Å². The highest BCUT2D eigenvalue weighted by molar-refractivity contribution is 7.18. The molecule has 1 aliphatic heterocycles. The maximum atomic E-state index is 13.3. The Labute approximate surface area is 152 Å². The number of alkyl halides is 3. The molecule has 2 aromatic carbocycles. The van der Waals surface area contributed by atoms with Crippen LogP contribution in [-0.4, -0.2) is 22.3 Å². The van der Waals surface area contributed by atoms with Crippen LogP contribution in [0.5, 0.6) is 0 Å². The highest BCUT2D eigenvalue weighted by atomic mass is 32.1. The fourth-order valence-corrected chi connectivity index (χ4v) is 4.49. The molecule has 7 heteroatoms. The number of nitrogens with zero attached hydrogens (tertiary/aromatic N) is 2. The first-order valence-electron chi connectivity index (χ1n) is 8.28. The van der Waals surface area contributed by atoms with Crippen molar-refractivity contribution in [2.75, 3.05) is 6.54 Å². The van der Waals surface area contributed by atoms with Crippen molar-refractivity contribution in [2.24, 2.45) is 0 Å². The van der Waals surface area contributed by atoms with Crippen LogP contribution in [-0.2, 0) is 6.18 Å². The van der Waals surface area contributed by atoms with Crippen molar-refractivity contribution < 1.29 is 18.0 Å². The quantitative estimate of drug-likeness (QED) is 0.609. The summed E-state index contributed by atoms with van der Waals surface area (Å²) >= 11 is 1.49. The van der Waals surface area contributed by atoms with E-state index in [1.54, 1.807) is 0 Å². The third-order valence-corrected chi connectivity index (χ3v) is 5.71. The van der Waals surface area contributed by atoms with E-state index in [9.17, 15) is 18.0 Å². The number of halogens is 3. The van der Waals surface area contributed by atoms with Crippen LogP contribution in [0.2, 0.25) is 0 Å². The molecule has 1 aromatic heterocycles. The van der Waals surface area contributed by atoms with Gasteiger partial charge in [-0.2, -0.15) is 13.2 Å². The smallest absolute Gasteiger partial charge is 0.329 e. The number of thiazole rings is 1. The van der Waals surface area contributed by atoms with Gasteiger partial charge in [0.05, 0.1) is 27.4 Å². The molecule has 1 saturated heterocycles. The molecule has 0 radical (unpaired) electrons. The number of rotatable bonds is 2. The predicted molar refractivity (Wildman–Crippen MR) is 94.1 cm³/mol. The fourth-order valence-electron chi connectivity index (χ4n) is 3.37. The molecule has 0 aliphatic carbocycles. The lowest BCUT2D eigenvalue weighted by Crippen LogP contribution is -2.32. The summed E-state index contributed by atoms with van der Waals surface area (Å²) in [5, 5.41) is 0.779. The summed E-state index contributed by atoms with van der Waals surface area (Å²) in [4.78, 5) is 19.0. The van der Waals surface area contributed by atoms with Gasteiger partial charge < -0.3 is 4.90 Å². The van der Waals surface area contributed by atoms with Gasteiger partial charge in [-0.1, -0.05) is 24.3 Å². The van der Waals surface area contributed by atoms with Crippen LogP contribution in [0.4, 0.5) is 13.2 Å². The van der Waals surface area contributed by atoms with Crippen molar-refractivity contribution in [3.8, 4) is 0 Å². The largest absolute Gasteiger partial charge is 0.417 e. The molecule has 0 bridgehead atoms. The molecule has 1 atom stereocenters. The van der Waals surface area contributed by atoms with Crippen molar-refractivity contribution in [1.29, 1.82) is 0 Å². The molecule has 26 heavy (non-hydrogen) atoms. The molecular weight excluding hydrogens is 361 g/mol. The zero-order valence-corrected chi connectivity index (χ0v) is 14.5. The van der Waals surface area contributed by atoms with E-state index in [1.165, 1.54) is 34.4 Å². The Balaban J connectivity index is 1.70. The SMILES string of the molecule is O=C(c1ccccc1C(F)(F)F)N1CCCC1c1nc2ccccc2s1. The summed E-state index contributed by atoms with van der Waals surface area (Å²) in [6.07, 6.45) is -3.10. The average Bonchev–Trinajstić information content (AvgIpc) is 3.26. The predicted octanol–water partition coefficient (Wildman–Crippen LogP) is 5.29. The van der Waals surface area contributed by atoms with Crippen molar-refractivity contribution in [1.82, 2.24) is 9.88 Å². The van der Waals surface area contributed by atoms with E-state index in [2.05, 4.69) is 4.98 Å². The third kappa shape index (κ3) is 2.96. The minimum Gasteiger partial charge on any atom is -0.329 e. The van der Waals surface area contributed by atoms with E-state index in [-0.39, 0.29) is 11.6 Å². The Kier molecular flexibility index (Phi) is 4.19. The first kappa shape index (κ1) is 17.0. The lowest BCUT2D eigenvalue weighted by molar-refractivity contribution is -0.138. The Hall–Kier alpha value is -2.41. The second-order valence-corrected chi connectivity index (χ2v) is 7.28. The Bertz CT molecular complexity index is 934. The van der Waals surface area contributed by atoms with Crippen molar-refractivity contribution in [3.63, 3.8) is 0 Å². The number of hydrogen-bond acceptors (Lipinski definition) is 3. The minimum absolute atomic E-state index is 0.277. The summed E-state index contributed by atoms with van der Waals surface area (Å²) < 4.78 is 40.8. The summed E-state index contributed by atoms with van der Waals surface area (Å²) in [5.41, 5.74) is -0.338. The molecule has 134 valence electrons. The van der Waals surface area contributed by atoms with Crippen LogP contribution < -0.4 is 0 Å². The molecule has 3 aromatic rings. The van der Waals surface area contributed by atoms with Crippen LogP contribution in [0.3, 0.4) is 0 Å². The lowest BCUT2D eigenvalue weighted by Gasteiger charge is -2.24. The first-order chi connectivity index (χ1) is 12.4. The Morgan fingerprint density at radius 2 is 1.85 bits per heavy atom. The molecular formula is C19H15F3N2OS. The summed E-state index contributed by atoms with van der Waals surface area (Å²) in [6, 6.07) is 12.4. The molecule has 1 amide bonds. The van der Waals surface area contributed by atoms with Gasteiger partial charge in [0, 0.05) is 6.54 Å².